The summed E-state index contributed by atoms with van der Waals surface area (Å²) in [6, 6.07) is 8.96. The lowest BCUT2D eigenvalue weighted by atomic mass is 9.84. The van der Waals surface area contributed by atoms with E-state index < -0.39 is 35.8 Å². The van der Waals surface area contributed by atoms with E-state index in [1.54, 1.807) is 45.0 Å². The molecule has 1 aromatic carbocycles. The Labute approximate surface area is 157 Å². The zero-order valence-electron chi connectivity index (χ0n) is 14.9. The molecule has 0 amide bonds. The summed E-state index contributed by atoms with van der Waals surface area (Å²) in [4.78, 5) is 37.3. The fraction of sp³-hybridized carbons (Fsp3) is 0.421. The van der Waals surface area contributed by atoms with Gasteiger partial charge in [0.2, 0.25) is 0 Å². The SMILES string of the molecule is CCOC(=O)C(C(=O)OCC)[C@@H]1C(=O)OC(C)/C1=C(\Cl)c1ccccc1. The first kappa shape index (κ1) is 20.0. The van der Waals surface area contributed by atoms with Gasteiger partial charge in [-0.05, 0) is 26.3 Å². The van der Waals surface area contributed by atoms with Crippen molar-refractivity contribution in [2.75, 3.05) is 13.2 Å². The van der Waals surface area contributed by atoms with Crippen LogP contribution in [0, 0.1) is 11.8 Å². The van der Waals surface area contributed by atoms with E-state index >= 15 is 0 Å². The zero-order chi connectivity index (χ0) is 19.3. The first-order valence-corrected chi connectivity index (χ1v) is 8.78. The van der Waals surface area contributed by atoms with E-state index in [4.69, 9.17) is 25.8 Å². The highest BCUT2D eigenvalue weighted by molar-refractivity contribution is 6.49. The van der Waals surface area contributed by atoms with Crippen molar-refractivity contribution in [2.24, 2.45) is 11.8 Å². The first-order chi connectivity index (χ1) is 12.4. The molecule has 1 heterocycles. The Balaban J connectivity index is 2.54. The van der Waals surface area contributed by atoms with Crippen LogP contribution < -0.4 is 0 Å². The summed E-state index contributed by atoms with van der Waals surface area (Å²) in [6.07, 6.45) is -0.674. The van der Waals surface area contributed by atoms with Crippen molar-refractivity contribution < 1.29 is 28.6 Å². The monoisotopic (exact) mass is 380 g/mol. The molecule has 0 spiro atoms. The summed E-state index contributed by atoms with van der Waals surface area (Å²) in [5.41, 5.74) is 1.03. The van der Waals surface area contributed by atoms with Gasteiger partial charge in [-0.25, -0.2) is 0 Å². The van der Waals surface area contributed by atoms with Gasteiger partial charge < -0.3 is 14.2 Å². The molecule has 0 N–H and O–H groups in total. The van der Waals surface area contributed by atoms with Crippen molar-refractivity contribution in [3.05, 3.63) is 41.5 Å². The summed E-state index contributed by atoms with van der Waals surface area (Å²) in [7, 11) is 0. The van der Waals surface area contributed by atoms with Gasteiger partial charge in [0.05, 0.1) is 18.2 Å². The Hall–Kier alpha value is -2.34. The van der Waals surface area contributed by atoms with Crippen LogP contribution in [0.15, 0.2) is 35.9 Å². The van der Waals surface area contributed by atoms with Gasteiger partial charge in [0.1, 0.15) is 12.0 Å². The van der Waals surface area contributed by atoms with E-state index in [-0.39, 0.29) is 18.2 Å². The number of carbonyl (C=O) groups excluding carboxylic acids is 3. The summed E-state index contributed by atoms with van der Waals surface area (Å²) in [5, 5.41) is 0.271. The Morgan fingerprint density at radius 1 is 1.12 bits per heavy atom. The molecule has 26 heavy (non-hydrogen) atoms. The third-order valence-electron chi connectivity index (χ3n) is 4.01. The Morgan fingerprint density at radius 3 is 2.15 bits per heavy atom. The highest BCUT2D eigenvalue weighted by Gasteiger charge is 2.51. The normalized spacial score (nSPS) is 21.3. The zero-order valence-corrected chi connectivity index (χ0v) is 15.6. The fourth-order valence-corrected chi connectivity index (χ4v) is 3.30. The molecular weight excluding hydrogens is 360 g/mol. The van der Waals surface area contributed by atoms with Crippen LogP contribution in [0.25, 0.3) is 5.03 Å². The molecule has 0 bridgehead atoms. The number of carbonyl (C=O) groups is 3. The molecule has 1 aliphatic heterocycles. The van der Waals surface area contributed by atoms with Crippen molar-refractivity contribution in [3.8, 4) is 0 Å². The van der Waals surface area contributed by atoms with Crippen LogP contribution in [-0.4, -0.2) is 37.2 Å². The molecule has 6 nitrogen and oxygen atoms in total. The second-order valence-electron chi connectivity index (χ2n) is 5.67. The van der Waals surface area contributed by atoms with E-state index in [0.717, 1.165) is 0 Å². The second-order valence-corrected chi connectivity index (χ2v) is 6.05. The predicted molar refractivity (Wildman–Crippen MR) is 95.0 cm³/mol. The van der Waals surface area contributed by atoms with E-state index in [1.807, 2.05) is 6.07 Å². The number of ether oxygens (including phenoxy) is 3. The van der Waals surface area contributed by atoms with Crippen molar-refractivity contribution in [3.63, 3.8) is 0 Å². The maximum Gasteiger partial charge on any atom is 0.321 e. The number of esters is 3. The molecule has 2 rings (SSSR count). The van der Waals surface area contributed by atoms with Crippen LogP contribution in [0.4, 0.5) is 0 Å². The molecule has 1 unspecified atom stereocenters. The topological polar surface area (TPSA) is 78.9 Å². The molecule has 0 radical (unpaired) electrons. The molecular formula is C19H21ClO6. The van der Waals surface area contributed by atoms with E-state index in [9.17, 15) is 14.4 Å². The molecule has 0 aliphatic carbocycles. The first-order valence-electron chi connectivity index (χ1n) is 8.41. The summed E-state index contributed by atoms with van der Waals surface area (Å²) >= 11 is 6.52. The smallest absolute Gasteiger partial charge is 0.321 e. The lowest BCUT2D eigenvalue weighted by Gasteiger charge is -2.20. The highest BCUT2D eigenvalue weighted by Crippen LogP contribution is 2.41. The van der Waals surface area contributed by atoms with Gasteiger partial charge in [0, 0.05) is 5.57 Å². The van der Waals surface area contributed by atoms with Crippen LogP contribution in [0.5, 0.6) is 0 Å². The number of hydrogen-bond donors (Lipinski definition) is 0. The molecule has 1 aliphatic rings. The average Bonchev–Trinajstić information content (AvgIpc) is 2.90. The average molecular weight is 381 g/mol. The lowest BCUT2D eigenvalue weighted by molar-refractivity contribution is -0.167. The van der Waals surface area contributed by atoms with Crippen molar-refractivity contribution in [2.45, 2.75) is 26.9 Å². The van der Waals surface area contributed by atoms with Crippen LogP contribution >= 0.6 is 11.6 Å². The van der Waals surface area contributed by atoms with Crippen molar-refractivity contribution >= 4 is 34.5 Å². The predicted octanol–water partition coefficient (Wildman–Crippen LogP) is 2.94. The number of cyclic esters (lactones) is 1. The van der Waals surface area contributed by atoms with Gasteiger partial charge in [0.15, 0.2) is 5.92 Å². The number of rotatable bonds is 6. The molecule has 1 fully saturated rings. The fourth-order valence-electron chi connectivity index (χ4n) is 2.91. The molecule has 0 aromatic heterocycles. The molecule has 1 saturated heterocycles. The van der Waals surface area contributed by atoms with E-state index in [2.05, 4.69) is 0 Å². The minimum Gasteiger partial charge on any atom is -0.465 e. The van der Waals surface area contributed by atoms with Crippen molar-refractivity contribution in [1.29, 1.82) is 0 Å². The third kappa shape index (κ3) is 4.07. The molecule has 1 aromatic rings. The third-order valence-corrected chi connectivity index (χ3v) is 4.45. The summed E-state index contributed by atoms with van der Waals surface area (Å²) in [6.45, 7) is 5.01. The van der Waals surface area contributed by atoms with Crippen LogP contribution in [0.3, 0.4) is 0 Å². The highest BCUT2D eigenvalue weighted by atomic mass is 35.5. The minimum atomic E-state index is -1.46. The summed E-state index contributed by atoms with van der Waals surface area (Å²) < 4.78 is 15.2. The largest absolute Gasteiger partial charge is 0.465 e. The Bertz CT molecular complexity index is 694. The number of benzene rings is 1. The quantitative estimate of drug-likeness (QED) is 0.429. The maximum atomic E-state index is 12.5. The maximum absolute atomic E-state index is 12.5. The number of halogens is 1. The van der Waals surface area contributed by atoms with Gasteiger partial charge in [0.25, 0.3) is 0 Å². The lowest BCUT2D eigenvalue weighted by Crippen LogP contribution is -2.37. The van der Waals surface area contributed by atoms with E-state index in [1.165, 1.54) is 0 Å². The van der Waals surface area contributed by atoms with Crippen LogP contribution in [-0.2, 0) is 28.6 Å². The van der Waals surface area contributed by atoms with E-state index in [0.29, 0.717) is 11.1 Å². The van der Waals surface area contributed by atoms with Crippen LogP contribution in [0.1, 0.15) is 26.3 Å². The summed E-state index contributed by atoms with van der Waals surface area (Å²) in [5.74, 6) is -5.02. The molecule has 0 saturated carbocycles. The van der Waals surface area contributed by atoms with Crippen molar-refractivity contribution in [1.82, 2.24) is 0 Å². The standard InChI is InChI=1S/C19H21ClO6/c1-4-24-17(21)15(18(22)25-5-2)14-13(11(3)26-19(14)23)16(20)12-9-7-6-8-10-12/h6-11,14-15H,4-5H2,1-3H3/b16-13+/t11?,14-/m1/s1. The van der Waals surface area contributed by atoms with Crippen LogP contribution in [0.2, 0.25) is 0 Å². The molecule has 7 heteroatoms. The molecule has 2 atom stereocenters. The number of hydrogen-bond acceptors (Lipinski definition) is 6. The van der Waals surface area contributed by atoms with Gasteiger partial charge in [-0.3, -0.25) is 14.4 Å². The Morgan fingerprint density at radius 2 is 1.65 bits per heavy atom. The van der Waals surface area contributed by atoms with Gasteiger partial charge in [-0.1, -0.05) is 41.9 Å². The Kier molecular flexibility index (Phi) is 6.80. The van der Waals surface area contributed by atoms with Gasteiger partial charge >= 0.3 is 17.9 Å². The molecule has 140 valence electrons. The van der Waals surface area contributed by atoms with Gasteiger partial charge in [-0.2, -0.15) is 0 Å². The second kappa shape index (κ2) is 8.85. The minimum absolute atomic E-state index is 0.0670. The van der Waals surface area contributed by atoms with Gasteiger partial charge in [-0.15, -0.1) is 0 Å².